The van der Waals surface area contributed by atoms with Gasteiger partial charge in [-0.15, -0.1) is 5.10 Å². The number of benzene rings is 2. The summed E-state index contributed by atoms with van der Waals surface area (Å²) in [5.74, 6) is 0.881. The van der Waals surface area contributed by atoms with Gasteiger partial charge in [-0.1, -0.05) is 30.3 Å². The smallest absolute Gasteiger partial charge is 0.349 e. The molecule has 0 aliphatic rings. The quantitative estimate of drug-likeness (QED) is 0.581. The Balaban J connectivity index is 1.98. The largest absolute Gasteiger partial charge is 0.507 e. The summed E-state index contributed by atoms with van der Waals surface area (Å²) in [6, 6.07) is 14.6. The molecule has 136 valence electrons. The molecular weight excluding hydrogens is 344 g/mol. The van der Waals surface area contributed by atoms with Crippen LogP contribution in [-0.2, 0) is 0 Å². The summed E-state index contributed by atoms with van der Waals surface area (Å²) in [4.78, 5) is 16.6. The fourth-order valence-corrected chi connectivity index (χ4v) is 3.04. The second-order valence-electron chi connectivity index (χ2n) is 6.40. The highest BCUT2D eigenvalue weighted by Crippen LogP contribution is 2.38. The van der Waals surface area contributed by atoms with E-state index in [-0.39, 0.29) is 17.6 Å². The van der Waals surface area contributed by atoms with E-state index in [1.165, 1.54) is 4.40 Å². The summed E-state index contributed by atoms with van der Waals surface area (Å²) in [6.45, 7) is 3.84. The molecule has 2 aromatic carbocycles. The minimum atomic E-state index is -0.391. The topological polar surface area (TPSA) is 92.5 Å². The third-order valence-electron chi connectivity index (χ3n) is 4.12. The van der Waals surface area contributed by atoms with Crippen LogP contribution in [0.4, 0.5) is 0 Å². The van der Waals surface area contributed by atoms with Crippen molar-refractivity contribution in [1.29, 1.82) is 0 Å². The van der Waals surface area contributed by atoms with Gasteiger partial charge >= 0.3 is 5.69 Å². The van der Waals surface area contributed by atoms with Gasteiger partial charge in [-0.2, -0.15) is 0 Å². The first kappa shape index (κ1) is 16.8. The molecule has 0 saturated carbocycles. The summed E-state index contributed by atoms with van der Waals surface area (Å²) >= 11 is 0. The minimum absolute atomic E-state index is 0.00217. The molecule has 0 fully saturated rings. The lowest BCUT2D eigenvalue weighted by Crippen LogP contribution is -2.13. The lowest BCUT2D eigenvalue weighted by molar-refractivity contribution is 0.241. The van der Waals surface area contributed by atoms with E-state index in [9.17, 15) is 9.90 Å². The van der Waals surface area contributed by atoms with Crippen molar-refractivity contribution in [3.8, 4) is 33.9 Å². The summed E-state index contributed by atoms with van der Waals surface area (Å²) in [5.41, 5.74) is 2.19. The van der Waals surface area contributed by atoms with Gasteiger partial charge in [0, 0.05) is 23.4 Å². The van der Waals surface area contributed by atoms with Crippen LogP contribution in [0.5, 0.6) is 11.5 Å². The molecule has 4 rings (SSSR count). The van der Waals surface area contributed by atoms with Gasteiger partial charge < -0.3 is 9.84 Å². The molecule has 27 heavy (non-hydrogen) atoms. The van der Waals surface area contributed by atoms with Crippen LogP contribution in [0.3, 0.4) is 0 Å². The number of nitrogens with one attached hydrogen (secondary N) is 1. The summed E-state index contributed by atoms with van der Waals surface area (Å²) in [5, 5.41) is 17.0. The molecule has 2 heterocycles. The Kier molecular flexibility index (Phi) is 4.12. The molecule has 0 aliphatic heterocycles. The van der Waals surface area contributed by atoms with Crippen molar-refractivity contribution in [1.82, 2.24) is 19.6 Å². The molecule has 2 N–H and O–H groups in total. The summed E-state index contributed by atoms with van der Waals surface area (Å²) in [6.07, 6.45) is 1.60. The van der Waals surface area contributed by atoms with Gasteiger partial charge in [0.1, 0.15) is 11.5 Å². The van der Waals surface area contributed by atoms with Crippen LogP contribution >= 0.6 is 0 Å². The third-order valence-corrected chi connectivity index (χ3v) is 4.12. The van der Waals surface area contributed by atoms with Gasteiger partial charge in [0.15, 0.2) is 0 Å². The molecule has 4 aromatic rings. The van der Waals surface area contributed by atoms with E-state index >= 15 is 0 Å². The maximum Gasteiger partial charge on any atom is 0.349 e. The first-order valence-corrected chi connectivity index (χ1v) is 8.56. The number of nitrogens with zero attached hydrogens (tertiary/aromatic N) is 3. The van der Waals surface area contributed by atoms with E-state index in [1.54, 1.807) is 24.4 Å². The minimum Gasteiger partial charge on any atom is -0.507 e. The van der Waals surface area contributed by atoms with Crippen LogP contribution in [0.15, 0.2) is 59.5 Å². The van der Waals surface area contributed by atoms with Crippen molar-refractivity contribution in [3.05, 3.63) is 65.2 Å². The molecule has 7 heteroatoms. The molecule has 7 nitrogen and oxygen atoms in total. The third kappa shape index (κ3) is 3.03. The molecule has 0 amide bonds. The van der Waals surface area contributed by atoms with Crippen LogP contribution in [0.1, 0.15) is 13.8 Å². The Labute approximate surface area is 154 Å². The molecule has 0 saturated heterocycles. The molecule has 0 radical (unpaired) electrons. The predicted molar refractivity (Wildman–Crippen MR) is 102 cm³/mol. The van der Waals surface area contributed by atoms with Crippen molar-refractivity contribution in [2.24, 2.45) is 0 Å². The highest BCUT2D eigenvalue weighted by molar-refractivity contribution is 5.84. The highest BCUT2D eigenvalue weighted by atomic mass is 16.5. The fourth-order valence-electron chi connectivity index (χ4n) is 3.04. The normalized spacial score (nSPS) is 11.2. The van der Waals surface area contributed by atoms with E-state index < -0.39 is 5.69 Å². The number of ether oxygens (including phenoxy) is 1. The highest BCUT2D eigenvalue weighted by Gasteiger charge is 2.18. The standard InChI is InChI=1S/C20H18N4O3/c1-12(2)27-14-8-9-15(17(25)10-14)16-11-21-19-22-23-20(26)24(19)18(16)13-6-4-3-5-7-13/h3-12,25H,1-2H3,(H,23,26). The van der Waals surface area contributed by atoms with Gasteiger partial charge in [0.25, 0.3) is 5.78 Å². The van der Waals surface area contributed by atoms with E-state index in [4.69, 9.17) is 4.74 Å². The molecule has 0 spiro atoms. The lowest BCUT2D eigenvalue weighted by Gasteiger charge is -2.14. The number of phenols is 1. The number of aromatic amines is 1. The number of H-pyrrole nitrogens is 1. The second kappa shape index (κ2) is 6.60. The van der Waals surface area contributed by atoms with Crippen molar-refractivity contribution >= 4 is 5.78 Å². The van der Waals surface area contributed by atoms with Crippen molar-refractivity contribution in [2.45, 2.75) is 20.0 Å². The van der Waals surface area contributed by atoms with Crippen molar-refractivity contribution in [3.63, 3.8) is 0 Å². The Morgan fingerprint density at radius 2 is 1.89 bits per heavy atom. The zero-order chi connectivity index (χ0) is 19.0. The van der Waals surface area contributed by atoms with Crippen LogP contribution in [0.25, 0.3) is 28.2 Å². The molecule has 0 bridgehead atoms. The SMILES string of the molecule is CC(C)Oc1ccc(-c2cnc3n[nH]c(=O)n3c2-c2ccccc2)c(O)c1. The Hall–Kier alpha value is -3.61. The lowest BCUT2D eigenvalue weighted by atomic mass is 9.99. The number of fused-ring (bicyclic) bond motifs is 1. The van der Waals surface area contributed by atoms with Gasteiger partial charge in [-0.05, 0) is 31.5 Å². The zero-order valence-electron chi connectivity index (χ0n) is 14.9. The fraction of sp³-hybridized carbons (Fsp3) is 0.150. The number of phenolic OH excluding ortho intramolecular Hbond substituents is 1. The predicted octanol–water partition coefficient (Wildman–Crippen LogP) is 3.24. The number of hydrogen-bond donors (Lipinski definition) is 2. The number of aromatic nitrogens is 4. The zero-order valence-corrected chi connectivity index (χ0v) is 14.9. The Bertz CT molecular complexity index is 1160. The monoisotopic (exact) mass is 362 g/mol. The molecule has 0 aliphatic carbocycles. The van der Waals surface area contributed by atoms with Crippen LogP contribution < -0.4 is 10.4 Å². The van der Waals surface area contributed by atoms with Crippen LogP contribution in [-0.4, -0.2) is 30.8 Å². The maximum atomic E-state index is 12.3. The number of rotatable bonds is 4. The van der Waals surface area contributed by atoms with Crippen molar-refractivity contribution < 1.29 is 9.84 Å². The number of hydrogen-bond acceptors (Lipinski definition) is 5. The molecular formula is C20H18N4O3. The van der Waals surface area contributed by atoms with Crippen LogP contribution in [0, 0.1) is 0 Å². The molecule has 2 aromatic heterocycles. The van der Waals surface area contributed by atoms with E-state index in [0.29, 0.717) is 22.6 Å². The average Bonchev–Trinajstić information content (AvgIpc) is 3.03. The molecule has 0 atom stereocenters. The van der Waals surface area contributed by atoms with Gasteiger partial charge in [0.2, 0.25) is 0 Å². The Morgan fingerprint density at radius 1 is 1.11 bits per heavy atom. The van der Waals surface area contributed by atoms with Gasteiger partial charge in [0.05, 0.1) is 11.8 Å². The number of aromatic hydroxyl groups is 1. The first-order chi connectivity index (χ1) is 13.0. The van der Waals surface area contributed by atoms with Gasteiger partial charge in [-0.3, -0.25) is 0 Å². The molecule has 0 unspecified atom stereocenters. The van der Waals surface area contributed by atoms with E-state index in [1.807, 2.05) is 44.2 Å². The van der Waals surface area contributed by atoms with Crippen LogP contribution in [0.2, 0.25) is 0 Å². The second-order valence-corrected chi connectivity index (χ2v) is 6.40. The summed E-state index contributed by atoms with van der Waals surface area (Å²) in [7, 11) is 0. The average molecular weight is 362 g/mol. The van der Waals surface area contributed by atoms with E-state index in [0.717, 1.165) is 5.56 Å². The van der Waals surface area contributed by atoms with Crippen molar-refractivity contribution in [2.75, 3.05) is 0 Å². The summed E-state index contributed by atoms with van der Waals surface area (Å²) < 4.78 is 7.04. The van der Waals surface area contributed by atoms with Gasteiger partial charge in [-0.25, -0.2) is 19.3 Å². The van der Waals surface area contributed by atoms with E-state index in [2.05, 4.69) is 15.2 Å². The maximum absolute atomic E-state index is 12.3. The first-order valence-electron chi connectivity index (χ1n) is 8.56. The Morgan fingerprint density at radius 3 is 2.59 bits per heavy atom.